The summed E-state index contributed by atoms with van der Waals surface area (Å²) in [7, 11) is 0. The normalized spacial score (nSPS) is 12.1. The molecule has 1 amide bonds. The van der Waals surface area contributed by atoms with Crippen LogP contribution in [0.2, 0.25) is 0 Å². The van der Waals surface area contributed by atoms with Crippen LogP contribution >= 0.6 is 0 Å². The molecule has 0 aliphatic rings. The average Bonchev–Trinajstić information content (AvgIpc) is 2.68. The fraction of sp³-hybridized carbons (Fsp3) is 0.565. The summed E-state index contributed by atoms with van der Waals surface area (Å²) in [5.74, 6) is -0.317. The van der Waals surface area contributed by atoms with E-state index in [4.69, 9.17) is 4.74 Å². The number of carbonyl (C=O) groups is 2. The number of nitrogens with zero attached hydrogens (tertiary/aromatic N) is 1. The average molecular weight is 390 g/mol. The highest BCUT2D eigenvalue weighted by Gasteiger charge is 2.29. The molecule has 1 atom stereocenters. The Morgan fingerprint density at radius 2 is 1.79 bits per heavy atom. The molecule has 0 bridgehead atoms. The Morgan fingerprint density at radius 3 is 2.39 bits per heavy atom. The van der Waals surface area contributed by atoms with Crippen LogP contribution in [0.3, 0.4) is 0 Å². The summed E-state index contributed by atoms with van der Waals surface area (Å²) in [6.45, 7) is 6.15. The number of hydrogen-bond acceptors (Lipinski definition) is 4. The van der Waals surface area contributed by atoms with E-state index in [1.807, 2.05) is 13.0 Å². The highest BCUT2D eigenvalue weighted by Crippen LogP contribution is 2.17. The number of hydrogen-bond donors (Lipinski definition) is 1. The van der Waals surface area contributed by atoms with Crippen molar-refractivity contribution in [1.29, 1.82) is 0 Å². The first kappa shape index (κ1) is 23.7. The topological polar surface area (TPSA) is 66.8 Å². The van der Waals surface area contributed by atoms with Gasteiger partial charge in [-0.1, -0.05) is 51.3 Å². The van der Waals surface area contributed by atoms with Crippen LogP contribution < -0.4 is 0 Å². The molecular weight excluding hydrogens is 354 g/mol. The Balaban J connectivity index is 2.99. The highest BCUT2D eigenvalue weighted by molar-refractivity contribution is 5.85. The summed E-state index contributed by atoms with van der Waals surface area (Å²) < 4.78 is 5.25. The summed E-state index contributed by atoms with van der Waals surface area (Å²) in [6.07, 6.45) is 10.7. The van der Waals surface area contributed by atoms with Gasteiger partial charge in [0, 0.05) is 19.0 Å². The maximum absolute atomic E-state index is 12.7. The lowest BCUT2D eigenvalue weighted by atomic mass is 10.0. The minimum absolute atomic E-state index is 0.0795. The molecule has 5 heteroatoms. The van der Waals surface area contributed by atoms with Gasteiger partial charge in [-0.25, -0.2) is 4.79 Å². The number of benzene rings is 1. The monoisotopic (exact) mass is 389 g/mol. The molecule has 0 aliphatic carbocycles. The minimum Gasteiger partial charge on any atom is -0.508 e. The van der Waals surface area contributed by atoms with E-state index in [0.29, 0.717) is 19.3 Å². The summed E-state index contributed by atoms with van der Waals surface area (Å²) in [5.41, 5.74) is 0.862. The van der Waals surface area contributed by atoms with E-state index < -0.39 is 12.0 Å². The zero-order chi connectivity index (χ0) is 20.8. The van der Waals surface area contributed by atoms with Crippen molar-refractivity contribution in [2.45, 2.75) is 78.2 Å². The molecule has 0 unspecified atom stereocenters. The van der Waals surface area contributed by atoms with Gasteiger partial charge >= 0.3 is 5.97 Å². The van der Waals surface area contributed by atoms with Gasteiger partial charge in [0.05, 0.1) is 6.61 Å². The summed E-state index contributed by atoms with van der Waals surface area (Å²) in [6, 6.07) is 5.98. The summed E-state index contributed by atoms with van der Waals surface area (Å²) in [5, 5.41) is 9.49. The predicted molar refractivity (Wildman–Crippen MR) is 112 cm³/mol. The molecule has 0 radical (unpaired) electrons. The van der Waals surface area contributed by atoms with Crippen molar-refractivity contribution in [2.75, 3.05) is 6.61 Å². The number of carbonyl (C=O) groups excluding carboxylic acids is 2. The van der Waals surface area contributed by atoms with Crippen molar-refractivity contribution >= 4 is 11.9 Å². The Morgan fingerprint density at radius 1 is 1.07 bits per heavy atom. The van der Waals surface area contributed by atoms with Crippen LogP contribution in [0, 0.1) is 0 Å². The Kier molecular flexibility index (Phi) is 11.7. The van der Waals surface area contributed by atoms with E-state index in [1.54, 1.807) is 37.4 Å². The third-order valence-corrected chi connectivity index (χ3v) is 4.50. The fourth-order valence-corrected chi connectivity index (χ4v) is 2.97. The smallest absolute Gasteiger partial charge is 0.329 e. The van der Waals surface area contributed by atoms with Crippen LogP contribution in [0.5, 0.6) is 5.75 Å². The number of ether oxygens (including phenoxy) is 1. The first-order valence-electron chi connectivity index (χ1n) is 10.5. The van der Waals surface area contributed by atoms with E-state index in [9.17, 15) is 14.7 Å². The van der Waals surface area contributed by atoms with Crippen LogP contribution in [-0.2, 0) is 20.7 Å². The molecule has 0 aliphatic heterocycles. The second kappa shape index (κ2) is 13.8. The van der Waals surface area contributed by atoms with Crippen LogP contribution in [0.4, 0.5) is 0 Å². The molecule has 0 saturated heterocycles. The second-order valence-corrected chi connectivity index (χ2v) is 6.92. The number of phenolic OH excluding ortho intramolecular Hbond substituents is 1. The number of phenols is 1. The summed E-state index contributed by atoms with van der Waals surface area (Å²) in [4.78, 5) is 26.9. The SMILES string of the molecule is CCCCCCC=CN(C(=O)CCC)[C@@H](Cc1ccc(O)cc1)C(=O)OCC. The lowest BCUT2D eigenvalue weighted by Crippen LogP contribution is -2.44. The number of esters is 1. The van der Waals surface area contributed by atoms with E-state index >= 15 is 0 Å². The van der Waals surface area contributed by atoms with Crippen LogP contribution in [-0.4, -0.2) is 34.5 Å². The van der Waals surface area contributed by atoms with Crippen molar-refractivity contribution < 1.29 is 19.4 Å². The van der Waals surface area contributed by atoms with Gasteiger partial charge in [0.25, 0.3) is 0 Å². The number of rotatable bonds is 13. The molecule has 1 rings (SSSR count). The molecule has 1 aromatic carbocycles. The van der Waals surface area contributed by atoms with Gasteiger partial charge < -0.3 is 14.7 Å². The van der Waals surface area contributed by atoms with Crippen molar-refractivity contribution in [2.24, 2.45) is 0 Å². The Bertz CT molecular complexity index is 610. The third kappa shape index (κ3) is 8.59. The van der Waals surface area contributed by atoms with Gasteiger partial charge in [0.2, 0.25) is 5.91 Å². The molecule has 5 nitrogen and oxygen atoms in total. The zero-order valence-electron chi connectivity index (χ0n) is 17.5. The van der Waals surface area contributed by atoms with Crippen LogP contribution in [0.25, 0.3) is 0 Å². The molecule has 0 heterocycles. The molecule has 156 valence electrons. The number of unbranched alkanes of at least 4 members (excludes halogenated alkanes) is 4. The highest BCUT2D eigenvalue weighted by atomic mass is 16.5. The van der Waals surface area contributed by atoms with Gasteiger partial charge in [-0.05, 0) is 43.9 Å². The van der Waals surface area contributed by atoms with Gasteiger partial charge in [0.15, 0.2) is 0 Å². The number of amides is 1. The quantitative estimate of drug-likeness (QED) is 0.382. The maximum atomic E-state index is 12.7. The van der Waals surface area contributed by atoms with Gasteiger partial charge in [-0.15, -0.1) is 0 Å². The second-order valence-electron chi connectivity index (χ2n) is 6.92. The first-order chi connectivity index (χ1) is 13.5. The summed E-state index contributed by atoms with van der Waals surface area (Å²) >= 11 is 0. The molecule has 0 fully saturated rings. The van der Waals surface area contributed by atoms with E-state index in [2.05, 4.69) is 6.92 Å². The van der Waals surface area contributed by atoms with E-state index in [-0.39, 0.29) is 18.3 Å². The lowest BCUT2D eigenvalue weighted by molar-refractivity contribution is -0.152. The van der Waals surface area contributed by atoms with Crippen LogP contribution in [0.1, 0.15) is 71.3 Å². The van der Waals surface area contributed by atoms with E-state index in [0.717, 1.165) is 18.4 Å². The van der Waals surface area contributed by atoms with Gasteiger partial charge in [-0.2, -0.15) is 0 Å². The molecular formula is C23H35NO4. The standard InChI is InChI=1S/C23H35NO4/c1-4-7-8-9-10-11-17-24(22(26)12-5-2)21(23(27)28-6-3)18-19-13-15-20(25)16-14-19/h11,13-17,21,25H,4-10,12,18H2,1-3H3/t21-/m0/s1. The molecule has 1 aromatic rings. The lowest BCUT2D eigenvalue weighted by Gasteiger charge is -2.27. The van der Waals surface area contributed by atoms with Crippen molar-refractivity contribution in [3.63, 3.8) is 0 Å². The molecule has 1 N–H and O–H groups in total. The fourth-order valence-electron chi connectivity index (χ4n) is 2.97. The number of aromatic hydroxyl groups is 1. The van der Waals surface area contributed by atoms with Crippen molar-refractivity contribution in [3.8, 4) is 5.75 Å². The van der Waals surface area contributed by atoms with Gasteiger partial charge in [0.1, 0.15) is 11.8 Å². The first-order valence-corrected chi connectivity index (χ1v) is 10.5. The molecule has 0 spiro atoms. The molecule has 28 heavy (non-hydrogen) atoms. The zero-order valence-corrected chi connectivity index (χ0v) is 17.5. The van der Waals surface area contributed by atoms with Crippen molar-refractivity contribution in [1.82, 2.24) is 4.90 Å². The minimum atomic E-state index is -0.713. The van der Waals surface area contributed by atoms with Crippen molar-refractivity contribution in [3.05, 3.63) is 42.1 Å². The molecule has 0 saturated carbocycles. The Hall–Kier alpha value is -2.30. The molecule has 0 aromatic heterocycles. The Labute approximate surface area is 169 Å². The van der Waals surface area contributed by atoms with E-state index in [1.165, 1.54) is 24.2 Å². The van der Waals surface area contributed by atoms with Gasteiger partial charge in [-0.3, -0.25) is 4.79 Å². The third-order valence-electron chi connectivity index (χ3n) is 4.50. The van der Waals surface area contributed by atoms with Crippen LogP contribution in [0.15, 0.2) is 36.5 Å². The predicted octanol–water partition coefficient (Wildman–Crippen LogP) is 4.98. The maximum Gasteiger partial charge on any atom is 0.329 e. The largest absolute Gasteiger partial charge is 0.508 e. The number of allylic oxidation sites excluding steroid dienone is 1.